The highest BCUT2D eigenvalue weighted by Crippen LogP contribution is 2.24. The molecule has 0 unspecified atom stereocenters. The van der Waals surface area contributed by atoms with Crippen molar-refractivity contribution in [2.24, 2.45) is 0 Å². The van der Waals surface area contributed by atoms with Gasteiger partial charge in [-0.05, 0) is 71.8 Å². The summed E-state index contributed by atoms with van der Waals surface area (Å²) in [7, 11) is 0. The third-order valence-electron chi connectivity index (χ3n) is 6.35. The molecule has 2 heterocycles. The molecule has 0 aliphatic heterocycles. The van der Waals surface area contributed by atoms with Crippen LogP contribution in [0.4, 0.5) is 23.3 Å². The lowest BCUT2D eigenvalue weighted by Crippen LogP contribution is -2.11. The largest absolute Gasteiger partial charge is 0.369 e. The summed E-state index contributed by atoms with van der Waals surface area (Å²) in [5, 5.41) is 6.48. The first kappa shape index (κ1) is 35.2. The van der Waals surface area contributed by atoms with Gasteiger partial charge in [0.1, 0.15) is 0 Å². The summed E-state index contributed by atoms with van der Waals surface area (Å²) in [5.74, 6) is 0.270. The first-order valence-corrected chi connectivity index (χ1v) is 15.7. The lowest BCUT2D eigenvalue weighted by Gasteiger charge is -2.07. The van der Waals surface area contributed by atoms with Crippen LogP contribution in [-0.2, 0) is 0 Å². The van der Waals surface area contributed by atoms with Crippen molar-refractivity contribution in [1.82, 2.24) is 19.9 Å². The van der Waals surface area contributed by atoms with Crippen LogP contribution in [-0.4, -0.2) is 31.8 Å². The number of aromatic amines is 2. The molecule has 8 N–H and O–H groups in total. The summed E-state index contributed by atoms with van der Waals surface area (Å²) in [5.41, 5.74) is 16.9. The van der Waals surface area contributed by atoms with E-state index < -0.39 is 0 Å². The van der Waals surface area contributed by atoms with Gasteiger partial charge in [-0.15, -0.1) is 0 Å². The smallest absolute Gasteiger partial charge is 0.255 e. The van der Waals surface area contributed by atoms with Crippen molar-refractivity contribution >= 4 is 90.1 Å². The molecule has 0 atom stereocenters. The van der Waals surface area contributed by atoms with E-state index >= 15 is 0 Å². The minimum absolute atomic E-state index is 0. The molecule has 6 rings (SSSR count). The Morgan fingerprint density at radius 3 is 1.36 bits per heavy atom. The zero-order valence-corrected chi connectivity index (χ0v) is 28.3. The number of aromatic nitrogens is 4. The van der Waals surface area contributed by atoms with E-state index in [1.807, 2.05) is 42.5 Å². The number of carbonyl (C=O) groups excluding carboxylic acids is 2. The van der Waals surface area contributed by atoms with Crippen LogP contribution >= 0.6 is 55.1 Å². The maximum Gasteiger partial charge on any atom is 0.255 e. The highest BCUT2D eigenvalue weighted by Gasteiger charge is 2.10. The topological polar surface area (TPSA) is 168 Å². The lowest BCUT2D eigenvalue weighted by molar-refractivity contribution is 0.101. The van der Waals surface area contributed by atoms with Gasteiger partial charge in [-0.1, -0.05) is 86.8 Å². The predicted octanol–water partition coefficient (Wildman–Crippen LogP) is 9.29. The van der Waals surface area contributed by atoms with Gasteiger partial charge < -0.3 is 32.1 Å². The second-order valence-electron chi connectivity index (χ2n) is 9.74. The summed E-state index contributed by atoms with van der Waals surface area (Å²) >= 11 is 18.6. The zero-order valence-electron chi connectivity index (χ0n) is 23.6. The predicted molar refractivity (Wildman–Crippen MR) is 198 cm³/mol. The number of hydrogen-bond donors (Lipinski definition) is 6. The van der Waals surface area contributed by atoms with Crippen molar-refractivity contribution in [3.8, 4) is 22.5 Å². The minimum Gasteiger partial charge on any atom is -0.369 e. The van der Waals surface area contributed by atoms with Crippen molar-refractivity contribution in [3.05, 3.63) is 127 Å². The van der Waals surface area contributed by atoms with Crippen LogP contribution in [0, 0.1) is 0 Å². The van der Waals surface area contributed by atoms with E-state index in [1.54, 1.807) is 54.9 Å². The number of anilines is 4. The third kappa shape index (κ3) is 9.69. The molecular formula is C33H28Br2Cl2N8O2. The Morgan fingerprint density at radius 1 is 0.617 bits per heavy atom. The molecular weight excluding hydrogens is 771 g/mol. The fourth-order valence-corrected chi connectivity index (χ4v) is 6.03. The number of hydrogen-bond acceptors (Lipinski definition) is 6. The summed E-state index contributed by atoms with van der Waals surface area (Å²) < 4.78 is 1.67. The molecule has 10 nitrogen and oxygen atoms in total. The van der Waals surface area contributed by atoms with E-state index in [1.165, 1.54) is 0 Å². The average molecular weight is 799 g/mol. The maximum absolute atomic E-state index is 12.3. The third-order valence-corrected chi connectivity index (χ3v) is 7.70. The van der Waals surface area contributed by atoms with Crippen molar-refractivity contribution in [3.63, 3.8) is 0 Å². The Bertz CT molecular complexity index is 1830. The monoisotopic (exact) mass is 796 g/mol. The molecule has 0 saturated heterocycles. The van der Waals surface area contributed by atoms with E-state index in [9.17, 15) is 9.59 Å². The van der Waals surface area contributed by atoms with E-state index in [2.05, 4.69) is 62.4 Å². The van der Waals surface area contributed by atoms with Gasteiger partial charge in [-0.2, -0.15) is 0 Å². The van der Waals surface area contributed by atoms with Crippen LogP contribution in [0.3, 0.4) is 0 Å². The molecule has 240 valence electrons. The van der Waals surface area contributed by atoms with Gasteiger partial charge in [0.15, 0.2) is 11.9 Å². The minimum atomic E-state index is -0.284. The van der Waals surface area contributed by atoms with Gasteiger partial charge in [0.25, 0.3) is 11.8 Å². The number of nitrogens with one attached hydrogen (secondary N) is 4. The van der Waals surface area contributed by atoms with Gasteiger partial charge in [-0.3, -0.25) is 9.59 Å². The second-order valence-corrected chi connectivity index (χ2v) is 12.4. The summed E-state index contributed by atoms with van der Waals surface area (Å²) in [6.07, 6.45) is 3.32. The molecule has 2 aromatic heterocycles. The summed E-state index contributed by atoms with van der Waals surface area (Å²) in [4.78, 5) is 38.3. The fraction of sp³-hybridized carbons (Fsp3) is 0.0303. The van der Waals surface area contributed by atoms with Gasteiger partial charge in [0.2, 0.25) is 0 Å². The zero-order chi connectivity index (χ0) is 32.8. The molecule has 4 aromatic carbocycles. The van der Waals surface area contributed by atoms with Gasteiger partial charge in [0, 0.05) is 41.5 Å². The Hall–Kier alpha value is -4.62. The average Bonchev–Trinajstić information content (AvgIpc) is 3.65. The number of nitrogen functional groups attached to an aromatic ring is 2. The SMILES string of the molecule is C.Nc1ncc(-c2ccc(NC(=O)c3cc(Br)cc(Br)c3)cc2)[nH]1.Nc1ncc(-c2ccc(NC(=O)c3cc(Cl)cc(Cl)c3)cc2)[nH]1. The number of nitrogens with two attached hydrogens (primary N) is 2. The van der Waals surface area contributed by atoms with Crippen molar-refractivity contribution in [1.29, 1.82) is 0 Å². The number of rotatable bonds is 6. The number of halogens is 4. The van der Waals surface area contributed by atoms with Crippen LogP contribution in [0.5, 0.6) is 0 Å². The highest BCUT2D eigenvalue weighted by molar-refractivity contribution is 9.11. The lowest BCUT2D eigenvalue weighted by atomic mass is 10.1. The van der Waals surface area contributed by atoms with Crippen molar-refractivity contribution in [2.75, 3.05) is 22.1 Å². The molecule has 0 aliphatic rings. The summed E-state index contributed by atoms with van der Waals surface area (Å²) in [6, 6.07) is 24.8. The second kappa shape index (κ2) is 15.8. The van der Waals surface area contributed by atoms with Gasteiger partial charge >= 0.3 is 0 Å². The summed E-state index contributed by atoms with van der Waals surface area (Å²) in [6.45, 7) is 0. The molecule has 0 spiro atoms. The molecule has 0 saturated carbocycles. The quantitative estimate of drug-likeness (QED) is 0.0982. The number of benzene rings is 4. The number of H-pyrrole nitrogens is 2. The number of nitrogens with zero attached hydrogens (tertiary/aromatic N) is 2. The Labute approximate surface area is 297 Å². The molecule has 0 aliphatic carbocycles. The maximum atomic E-state index is 12.3. The Balaban J connectivity index is 0.000000208. The van der Waals surface area contributed by atoms with Gasteiger partial charge in [0.05, 0.1) is 23.8 Å². The van der Waals surface area contributed by atoms with E-state index in [0.717, 1.165) is 31.5 Å². The van der Waals surface area contributed by atoms with E-state index in [0.29, 0.717) is 44.4 Å². The molecule has 0 fully saturated rings. The number of imidazole rings is 2. The highest BCUT2D eigenvalue weighted by atomic mass is 79.9. The fourth-order valence-electron chi connectivity index (χ4n) is 4.21. The van der Waals surface area contributed by atoms with E-state index in [4.69, 9.17) is 34.7 Å². The normalized spacial score (nSPS) is 10.3. The van der Waals surface area contributed by atoms with Crippen molar-refractivity contribution < 1.29 is 9.59 Å². The van der Waals surface area contributed by atoms with Crippen LogP contribution in [0.15, 0.2) is 106 Å². The molecule has 47 heavy (non-hydrogen) atoms. The first-order chi connectivity index (χ1) is 22.0. The first-order valence-electron chi connectivity index (χ1n) is 13.4. The van der Waals surface area contributed by atoms with Crippen LogP contribution in [0.1, 0.15) is 28.1 Å². The Morgan fingerprint density at radius 2 is 1.00 bits per heavy atom. The molecule has 0 radical (unpaired) electrons. The van der Waals surface area contributed by atoms with E-state index in [-0.39, 0.29) is 19.2 Å². The van der Waals surface area contributed by atoms with Gasteiger partial charge in [-0.25, -0.2) is 9.97 Å². The number of amides is 2. The standard InChI is InChI=1S/C16H12Br2N4O.C16H12Cl2N4O.CH4/c2*17-11-5-10(6-12(18)7-11)15(23)21-13-3-1-9(2-4-13)14-8-20-16(19)22-14;/h2*1-8H,(H,21,23)(H3,19,20,22);1H4. The molecule has 0 bridgehead atoms. The van der Waals surface area contributed by atoms with Crippen molar-refractivity contribution in [2.45, 2.75) is 7.43 Å². The van der Waals surface area contributed by atoms with Crippen LogP contribution < -0.4 is 22.1 Å². The molecule has 6 aromatic rings. The molecule has 14 heteroatoms. The number of carbonyl (C=O) groups is 2. The Kier molecular flexibility index (Phi) is 11.8. The molecule has 2 amide bonds. The van der Waals surface area contributed by atoms with Crippen LogP contribution in [0.2, 0.25) is 10.0 Å². The van der Waals surface area contributed by atoms with Crippen LogP contribution in [0.25, 0.3) is 22.5 Å².